The molecule has 0 atom stereocenters. The smallest absolute Gasteiger partial charge is 0.341 e. The van der Waals surface area contributed by atoms with Gasteiger partial charge in [0.2, 0.25) is 0 Å². The quantitative estimate of drug-likeness (QED) is 0.535. The summed E-state index contributed by atoms with van der Waals surface area (Å²) < 4.78 is 18.3. The molecule has 3 heterocycles. The summed E-state index contributed by atoms with van der Waals surface area (Å²) in [5.74, 6) is 0.999. The van der Waals surface area contributed by atoms with Crippen molar-refractivity contribution in [1.29, 1.82) is 0 Å². The van der Waals surface area contributed by atoms with Gasteiger partial charge in [-0.05, 0) is 33.0 Å². The van der Waals surface area contributed by atoms with Gasteiger partial charge in [0.25, 0.3) is 0 Å². The molecule has 0 unspecified atom stereocenters. The topological polar surface area (TPSA) is 78.7 Å². The fraction of sp³-hybridized carbons (Fsp3) is 0.381. The minimum Gasteiger partial charge on any atom is -0.486 e. The van der Waals surface area contributed by atoms with Crippen LogP contribution >= 0.6 is 11.3 Å². The zero-order valence-electron chi connectivity index (χ0n) is 17.3. The maximum atomic E-state index is 12.5. The van der Waals surface area contributed by atoms with Gasteiger partial charge < -0.3 is 14.2 Å². The predicted octanol–water partition coefficient (Wildman–Crippen LogP) is 3.22. The summed E-state index contributed by atoms with van der Waals surface area (Å²) in [5, 5.41) is 7.57. The second kappa shape index (κ2) is 8.85. The van der Waals surface area contributed by atoms with Gasteiger partial charge in [-0.15, -0.1) is 11.3 Å². The van der Waals surface area contributed by atoms with Gasteiger partial charge >= 0.3 is 5.97 Å². The molecule has 0 saturated heterocycles. The molecule has 1 aliphatic rings. The summed E-state index contributed by atoms with van der Waals surface area (Å²) in [6, 6.07) is 5.65. The van der Waals surface area contributed by atoms with E-state index in [0.717, 1.165) is 22.1 Å². The second-order valence-corrected chi connectivity index (χ2v) is 8.06. The first-order valence-electron chi connectivity index (χ1n) is 9.78. The third-order valence-corrected chi connectivity index (χ3v) is 5.48. The molecule has 0 bridgehead atoms. The fourth-order valence-electron chi connectivity index (χ4n) is 3.36. The van der Waals surface area contributed by atoms with E-state index in [2.05, 4.69) is 20.4 Å². The Hall–Kier alpha value is -2.91. The number of benzene rings is 1. The van der Waals surface area contributed by atoms with Crippen molar-refractivity contribution in [2.75, 3.05) is 26.9 Å². The summed E-state index contributed by atoms with van der Waals surface area (Å²) in [5.41, 5.74) is 3.00. The maximum Gasteiger partial charge on any atom is 0.341 e. The van der Waals surface area contributed by atoms with Crippen LogP contribution in [0, 0.1) is 6.92 Å². The van der Waals surface area contributed by atoms with E-state index in [-0.39, 0.29) is 5.97 Å². The number of carbonyl (C=O) groups is 1. The van der Waals surface area contributed by atoms with Crippen molar-refractivity contribution in [2.24, 2.45) is 0 Å². The van der Waals surface area contributed by atoms with E-state index in [0.29, 0.717) is 50.0 Å². The van der Waals surface area contributed by atoms with E-state index in [1.54, 1.807) is 29.1 Å². The molecule has 0 saturated carbocycles. The van der Waals surface area contributed by atoms with Crippen molar-refractivity contribution in [1.82, 2.24) is 19.7 Å². The number of ether oxygens (including phenoxy) is 3. The molecule has 1 aromatic carbocycles. The van der Waals surface area contributed by atoms with Crippen molar-refractivity contribution in [3.63, 3.8) is 0 Å². The Labute approximate surface area is 179 Å². The van der Waals surface area contributed by atoms with Gasteiger partial charge in [-0.1, -0.05) is 0 Å². The van der Waals surface area contributed by atoms with E-state index in [1.807, 2.05) is 32.2 Å². The lowest BCUT2D eigenvalue weighted by atomic mass is 10.2. The molecule has 158 valence electrons. The Morgan fingerprint density at radius 1 is 1.27 bits per heavy atom. The van der Waals surface area contributed by atoms with E-state index < -0.39 is 0 Å². The highest BCUT2D eigenvalue weighted by Gasteiger charge is 2.22. The van der Waals surface area contributed by atoms with Crippen molar-refractivity contribution in [2.45, 2.75) is 26.9 Å². The molecule has 0 radical (unpaired) electrons. The zero-order chi connectivity index (χ0) is 21.1. The highest BCUT2D eigenvalue weighted by molar-refractivity contribution is 7.09. The lowest BCUT2D eigenvalue weighted by Gasteiger charge is -2.20. The van der Waals surface area contributed by atoms with Gasteiger partial charge in [0, 0.05) is 24.5 Å². The van der Waals surface area contributed by atoms with Gasteiger partial charge in [0.15, 0.2) is 11.5 Å². The Bertz CT molecular complexity index is 1050. The summed E-state index contributed by atoms with van der Waals surface area (Å²) in [6.07, 6.45) is 1.56. The molecule has 8 nitrogen and oxygen atoms in total. The molecule has 3 aromatic rings. The van der Waals surface area contributed by atoms with E-state index in [1.165, 1.54) is 0 Å². The summed E-state index contributed by atoms with van der Waals surface area (Å²) in [4.78, 5) is 19.2. The van der Waals surface area contributed by atoms with E-state index in [9.17, 15) is 4.79 Å². The fourth-order valence-corrected chi connectivity index (χ4v) is 3.96. The number of fused-ring (bicyclic) bond motifs is 1. The molecule has 0 spiro atoms. The van der Waals surface area contributed by atoms with Crippen LogP contribution in [-0.4, -0.2) is 52.5 Å². The van der Waals surface area contributed by atoms with Crippen LogP contribution in [0.5, 0.6) is 11.5 Å². The largest absolute Gasteiger partial charge is 0.486 e. The first-order valence-corrected chi connectivity index (χ1v) is 10.7. The lowest BCUT2D eigenvalue weighted by Crippen LogP contribution is -2.22. The number of hydrogen-bond donors (Lipinski definition) is 0. The van der Waals surface area contributed by atoms with Gasteiger partial charge in [-0.3, -0.25) is 4.90 Å². The number of nitrogens with zero attached hydrogens (tertiary/aromatic N) is 4. The molecular weight excluding hydrogens is 404 g/mol. The SMILES string of the molecule is CCOC(=O)c1cnn(-c2ccc3c(c2)OCCO3)c1CN(C)Cc1csc(C)n1. The van der Waals surface area contributed by atoms with E-state index in [4.69, 9.17) is 14.2 Å². The molecule has 30 heavy (non-hydrogen) atoms. The monoisotopic (exact) mass is 428 g/mol. The molecule has 2 aromatic heterocycles. The first-order chi connectivity index (χ1) is 14.5. The standard InChI is InChI=1S/C21H24N4O4S/c1-4-27-21(26)17-10-22-25(16-5-6-19-20(9-16)29-8-7-28-19)18(17)12-24(3)11-15-13-30-14(2)23-15/h5-6,9-10,13H,4,7-8,11-12H2,1-3H3. The number of rotatable bonds is 7. The third kappa shape index (κ3) is 4.31. The molecule has 0 fully saturated rings. The van der Waals surface area contributed by atoms with Gasteiger partial charge in [0.1, 0.15) is 18.8 Å². The number of esters is 1. The van der Waals surface area contributed by atoms with Crippen LogP contribution in [0.2, 0.25) is 0 Å². The van der Waals surface area contributed by atoms with Gasteiger partial charge in [-0.25, -0.2) is 14.5 Å². The van der Waals surface area contributed by atoms with Crippen LogP contribution in [0.15, 0.2) is 29.8 Å². The maximum absolute atomic E-state index is 12.5. The van der Waals surface area contributed by atoms with Crippen LogP contribution in [0.3, 0.4) is 0 Å². The van der Waals surface area contributed by atoms with Crippen LogP contribution < -0.4 is 9.47 Å². The molecule has 4 rings (SSSR count). The van der Waals surface area contributed by atoms with Crippen LogP contribution in [-0.2, 0) is 17.8 Å². The number of aromatic nitrogens is 3. The number of hydrogen-bond acceptors (Lipinski definition) is 8. The van der Waals surface area contributed by atoms with Crippen molar-refractivity contribution in [3.8, 4) is 17.2 Å². The van der Waals surface area contributed by atoms with Crippen LogP contribution in [0.4, 0.5) is 0 Å². The Balaban J connectivity index is 1.65. The van der Waals surface area contributed by atoms with Crippen molar-refractivity contribution in [3.05, 3.63) is 51.7 Å². The van der Waals surface area contributed by atoms with E-state index >= 15 is 0 Å². The predicted molar refractivity (Wildman–Crippen MR) is 113 cm³/mol. The van der Waals surface area contributed by atoms with Gasteiger partial charge in [0.05, 0.1) is 34.9 Å². The number of thiazole rings is 1. The summed E-state index contributed by atoms with van der Waals surface area (Å²) in [7, 11) is 1.99. The van der Waals surface area contributed by atoms with Crippen LogP contribution in [0.25, 0.3) is 5.69 Å². The molecule has 9 heteroatoms. The number of carbonyl (C=O) groups excluding carboxylic acids is 1. The summed E-state index contributed by atoms with van der Waals surface area (Å²) >= 11 is 1.63. The second-order valence-electron chi connectivity index (χ2n) is 7.00. The highest BCUT2D eigenvalue weighted by atomic mass is 32.1. The lowest BCUT2D eigenvalue weighted by molar-refractivity contribution is 0.0524. The Morgan fingerprint density at radius 3 is 2.80 bits per heavy atom. The third-order valence-electron chi connectivity index (χ3n) is 4.65. The zero-order valence-corrected chi connectivity index (χ0v) is 18.1. The normalized spacial score (nSPS) is 12.9. The molecule has 0 N–H and O–H groups in total. The molecule has 0 aliphatic carbocycles. The average molecular weight is 429 g/mol. The highest BCUT2D eigenvalue weighted by Crippen LogP contribution is 2.32. The average Bonchev–Trinajstić information content (AvgIpc) is 3.33. The van der Waals surface area contributed by atoms with Crippen molar-refractivity contribution >= 4 is 17.3 Å². The first kappa shape index (κ1) is 20.4. The minimum atomic E-state index is -0.380. The molecule has 1 aliphatic heterocycles. The van der Waals surface area contributed by atoms with Gasteiger partial charge in [-0.2, -0.15) is 5.10 Å². The summed E-state index contributed by atoms with van der Waals surface area (Å²) in [6.45, 7) is 6.29. The van der Waals surface area contributed by atoms with Crippen LogP contribution in [0.1, 0.15) is 33.7 Å². The minimum absolute atomic E-state index is 0.307. The Morgan fingerprint density at radius 2 is 2.07 bits per heavy atom. The molecule has 0 amide bonds. The molecular formula is C21H24N4O4S. The van der Waals surface area contributed by atoms with Crippen molar-refractivity contribution < 1.29 is 19.0 Å². The Kier molecular flexibility index (Phi) is 6.01. The number of aryl methyl sites for hydroxylation is 1.